The van der Waals surface area contributed by atoms with E-state index in [4.69, 9.17) is 23.4 Å². The van der Waals surface area contributed by atoms with E-state index in [0.717, 1.165) is 0 Å². The standard InChI is InChI=1S/2K.4H2O.2O.Os/h;;4*1H2;;;/q2*+1;;;;;2*-1;+4/p-4. The maximum absolute atomic E-state index is 9.12. The second kappa shape index (κ2) is 3.81. The molecule has 0 aromatic heterocycles. The summed E-state index contributed by atoms with van der Waals surface area (Å²) in [4.78, 5) is 0. The first-order chi connectivity index (χ1) is 2.45. The molecule has 0 aromatic carbocycles. The van der Waals surface area contributed by atoms with Gasteiger partial charge in [-0.15, -0.1) is 0 Å². The third-order valence-electron chi connectivity index (χ3n) is 0. The Morgan fingerprint density at radius 3 is 0.778 bits per heavy atom. The van der Waals surface area contributed by atoms with Crippen LogP contribution in [0, 0.1) is 0 Å². The normalized spacial score (nSPS) is 18.0. The Hall–Kier alpha value is 3.67. The van der Waals surface area contributed by atoms with Crippen LogP contribution in [0.15, 0.2) is 0 Å². The van der Waals surface area contributed by atoms with Gasteiger partial charge >= 0.3 is 141 Å². The van der Waals surface area contributed by atoms with E-state index < -0.39 is 14.8 Å². The van der Waals surface area contributed by atoms with E-state index in [0.29, 0.717) is 0 Å². The minimum atomic E-state index is -8.71. The monoisotopic (exact) mass is 370 g/mol. The summed E-state index contributed by atoms with van der Waals surface area (Å²) in [6, 6.07) is 0. The molecule has 9 heavy (non-hydrogen) atoms. The molecular weight excluding hydrogens is 364 g/mol. The molecule has 0 unspecified atom stereocenters. The van der Waals surface area contributed by atoms with Crippen LogP contribution in [0.3, 0.4) is 0 Å². The molecule has 0 bridgehead atoms. The van der Waals surface area contributed by atoms with Gasteiger partial charge in [0.25, 0.3) is 0 Å². The number of hydrogen-bond donors (Lipinski definition) is 4. The van der Waals surface area contributed by atoms with E-state index in [2.05, 4.69) is 0 Å². The van der Waals surface area contributed by atoms with Crippen molar-refractivity contribution in [1.29, 1.82) is 0 Å². The first-order valence-electron chi connectivity index (χ1n) is 0.921. The van der Waals surface area contributed by atoms with Crippen LogP contribution in [0.2, 0.25) is 0 Å². The molecule has 0 saturated heterocycles. The number of hydrogen-bond acceptors (Lipinski definition) is 6. The van der Waals surface area contributed by atoms with Crippen molar-refractivity contribution in [2.24, 2.45) is 0 Å². The van der Waals surface area contributed by atoms with Crippen molar-refractivity contribution < 1.29 is 141 Å². The Labute approximate surface area is 137 Å². The molecule has 0 aliphatic heterocycles. The molecule has 9 heteroatoms. The Morgan fingerprint density at radius 1 is 0.778 bits per heavy atom. The van der Waals surface area contributed by atoms with Gasteiger partial charge in [-0.2, -0.15) is 0 Å². The fourth-order valence-corrected chi connectivity index (χ4v) is 0. The summed E-state index contributed by atoms with van der Waals surface area (Å²) >= 11 is -8.71. The summed E-state index contributed by atoms with van der Waals surface area (Å²) < 4.78 is 47.0. The molecule has 0 fully saturated rings. The molecule has 0 saturated carbocycles. The Balaban J connectivity index is -0.000000180. The predicted molar refractivity (Wildman–Crippen MR) is 8.88 cm³/mol. The SMILES string of the molecule is [K+].[K+].[O-][Os]([O-])([OH])([OH])([OH])[OH]. The molecule has 0 rings (SSSR count). The second-order valence-corrected chi connectivity index (χ2v) is 8.18. The molecule has 6 nitrogen and oxygen atoms in total. The van der Waals surface area contributed by atoms with Crippen LogP contribution < -0.4 is 111 Å². The summed E-state index contributed by atoms with van der Waals surface area (Å²) in [5.74, 6) is 0. The van der Waals surface area contributed by atoms with Crippen molar-refractivity contribution >= 4 is 0 Å². The topological polar surface area (TPSA) is 127 Å². The van der Waals surface area contributed by atoms with Crippen LogP contribution in [0.5, 0.6) is 0 Å². The van der Waals surface area contributed by atoms with Gasteiger partial charge < -0.3 is 0 Å². The van der Waals surface area contributed by atoms with E-state index in [9.17, 15) is 0 Å². The summed E-state index contributed by atoms with van der Waals surface area (Å²) in [5, 5.41) is 0. The minimum absolute atomic E-state index is 0. The summed E-state index contributed by atoms with van der Waals surface area (Å²) in [7, 11) is 0. The molecule has 0 spiro atoms. The third kappa shape index (κ3) is 81.0. The molecule has 0 aromatic rings. The van der Waals surface area contributed by atoms with E-state index in [1.54, 1.807) is 0 Å². The Morgan fingerprint density at radius 2 is 0.778 bits per heavy atom. The zero-order chi connectivity index (χ0) is 6.41. The molecular formula is H4K2O6Os. The average Bonchev–Trinajstić information content (AvgIpc) is 0.592. The Bertz CT molecular complexity index is 69.6. The molecule has 0 amide bonds. The van der Waals surface area contributed by atoms with Crippen LogP contribution in [0.25, 0.3) is 0 Å². The van der Waals surface area contributed by atoms with E-state index in [1.165, 1.54) is 0 Å². The van der Waals surface area contributed by atoms with E-state index >= 15 is 0 Å². The van der Waals surface area contributed by atoms with Crippen molar-refractivity contribution in [2.75, 3.05) is 0 Å². The van der Waals surface area contributed by atoms with Crippen molar-refractivity contribution in [2.45, 2.75) is 0 Å². The van der Waals surface area contributed by atoms with Gasteiger partial charge in [0.05, 0.1) is 0 Å². The van der Waals surface area contributed by atoms with E-state index in [1.807, 2.05) is 0 Å². The molecule has 0 heterocycles. The Kier molecular flexibility index (Phi) is 7.81. The third-order valence-corrected chi connectivity index (χ3v) is 0. The van der Waals surface area contributed by atoms with Crippen LogP contribution in [0.4, 0.5) is 0 Å². The zero-order valence-electron chi connectivity index (χ0n) is 4.96. The second-order valence-electron chi connectivity index (χ2n) is 1.000. The summed E-state index contributed by atoms with van der Waals surface area (Å²) in [6.45, 7) is 0. The van der Waals surface area contributed by atoms with Gasteiger partial charge in [-0.25, -0.2) is 0 Å². The fourth-order valence-electron chi connectivity index (χ4n) is 0. The fraction of sp³-hybridized carbons (Fsp3) is 0. The van der Waals surface area contributed by atoms with E-state index in [-0.39, 0.29) is 103 Å². The van der Waals surface area contributed by atoms with Crippen molar-refractivity contribution in [3.05, 3.63) is 0 Å². The first-order valence-corrected chi connectivity index (χ1v) is 7.54. The predicted octanol–water partition coefficient (Wildman–Crippen LogP) is -10.6. The quantitative estimate of drug-likeness (QED) is 0.315. The molecule has 4 N–H and O–H groups in total. The first kappa shape index (κ1) is 18.5. The van der Waals surface area contributed by atoms with Crippen molar-refractivity contribution in [3.63, 3.8) is 0 Å². The maximum atomic E-state index is 9.12. The van der Waals surface area contributed by atoms with Gasteiger partial charge in [-0.3, -0.25) is 0 Å². The molecule has 0 radical (unpaired) electrons. The van der Waals surface area contributed by atoms with Crippen LogP contribution >= 0.6 is 0 Å². The van der Waals surface area contributed by atoms with Gasteiger partial charge in [0.15, 0.2) is 0 Å². The molecule has 0 atom stereocenters. The van der Waals surface area contributed by atoms with Gasteiger partial charge in [0.1, 0.15) is 0 Å². The summed E-state index contributed by atoms with van der Waals surface area (Å²) in [6.07, 6.45) is 0. The summed E-state index contributed by atoms with van der Waals surface area (Å²) in [5.41, 5.74) is 0. The van der Waals surface area contributed by atoms with Gasteiger partial charge in [-0.1, -0.05) is 0 Å². The average molecular weight is 368 g/mol. The van der Waals surface area contributed by atoms with Crippen LogP contribution in [0.1, 0.15) is 0 Å². The molecule has 0 aliphatic rings. The number of rotatable bonds is 0. The van der Waals surface area contributed by atoms with Crippen molar-refractivity contribution in [3.8, 4) is 0 Å². The van der Waals surface area contributed by atoms with Gasteiger partial charge in [0, 0.05) is 0 Å². The van der Waals surface area contributed by atoms with Crippen LogP contribution in [-0.4, -0.2) is 15.6 Å². The zero-order valence-corrected chi connectivity index (χ0v) is 13.7. The van der Waals surface area contributed by atoms with Crippen LogP contribution in [-0.2, 0) is 14.8 Å². The van der Waals surface area contributed by atoms with Gasteiger partial charge in [0.2, 0.25) is 0 Å². The molecule has 50 valence electrons. The van der Waals surface area contributed by atoms with Crippen molar-refractivity contribution in [1.82, 2.24) is 0 Å². The van der Waals surface area contributed by atoms with Gasteiger partial charge in [-0.05, 0) is 0 Å². The molecule has 0 aliphatic carbocycles.